The molecule has 7 heavy (non-hydrogen) atoms. The maximum atomic E-state index is 4.70. The van der Waals surface area contributed by atoms with E-state index < -0.39 is 0 Å². The summed E-state index contributed by atoms with van der Waals surface area (Å²) in [6.45, 7) is 0. The summed E-state index contributed by atoms with van der Waals surface area (Å²) >= 11 is 0. The van der Waals surface area contributed by atoms with Gasteiger partial charge in [-0.3, -0.25) is 0 Å². The van der Waals surface area contributed by atoms with Crippen molar-refractivity contribution in [3.8, 4) is 0 Å². The zero-order chi connectivity index (χ0) is 4.95. The molecule has 0 amide bonds. The molecule has 2 nitrogen and oxygen atoms in total. The lowest BCUT2D eigenvalue weighted by atomic mass is 10.6. The summed E-state index contributed by atoms with van der Waals surface area (Å²) in [4.78, 5) is 0. The Bertz CT molecular complexity index is 85.9. The van der Waals surface area contributed by atoms with E-state index in [1.807, 2.05) is 0 Å². The van der Waals surface area contributed by atoms with Gasteiger partial charge in [-0.2, -0.15) is 0 Å². The molecule has 1 aliphatic heterocycles. The van der Waals surface area contributed by atoms with E-state index in [1.54, 1.807) is 24.7 Å². The first-order chi connectivity index (χ1) is 3.50. The normalized spacial score (nSPS) is 17.1. The number of hydrogen-bond acceptors (Lipinski definition) is 2. The second kappa shape index (κ2) is 2.64. The van der Waals surface area contributed by atoms with E-state index in [4.69, 9.17) is 9.05 Å². The zero-order valence-corrected chi connectivity index (χ0v) is 4.47. The predicted octanol–water partition coefficient (Wildman–Crippen LogP) is 1.84. The Balaban J connectivity index is 2.39. The highest BCUT2D eigenvalue weighted by Crippen LogP contribution is 2.15. The maximum absolute atomic E-state index is 4.70. The van der Waals surface area contributed by atoms with Crippen molar-refractivity contribution in [2.45, 2.75) is 0 Å². The second-order valence-electron chi connectivity index (χ2n) is 0.942. The molecule has 37 valence electrons. The van der Waals surface area contributed by atoms with Crippen molar-refractivity contribution in [3.63, 3.8) is 0 Å². The van der Waals surface area contributed by atoms with E-state index in [0.29, 0.717) is 9.03 Å². The Morgan fingerprint density at radius 2 is 1.57 bits per heavy atom. The van der Waals surface area contributed by atoms with Crippen LogP contribution in [0, 0.1) is 0 Å². The highest BCUT2D eigenvalue weighted by atomic mass is 31.1. The van der Waals surface area contributed by atoms with Gasteiger partial charge in [0.1, 0.15) is 0 Å². The minimum atomic E-state index is 0.532. The monoisotopic (exact) mass is 115 g/mol. The lowest BCUT2D eigenvalue weighted by molar-refractivity contribution is 0.438. The van der Waals surface area contributed by atoms with Crippen molar-refractivity contribution >= 4 is 9.03 Å². The van der Waals surface area contributed by atoms with Crippen molar-refractivity contribution in [2.75, 3.05) is 0 Å². The third-order valence-corrected chi connectivity index (χ3v) is 0.892. The summed E-state index contributed by atoms with van der Waals surface area (Å²) in [6, 6.07) is 0. The van der Waals surface area contributed by atoms with E-state index in [1.165, 1.54) is 0 Å². The summed E-state index contributed by atoms with van der Waals surface area (Å²) in [5.74, 6) is 0. The van der Waals surface area contributed by atoms with Crippen LogP contribution in [0.3, 0.4) is 0 Å². The van der Waals surface area contributed by atoms with Crippen LogP contribution in [0.25, 0.3) is 0 Å². The van der Waals surface area contributed by atoms with Gasteiger partial charge in [0.25, 0.3) is 0 Å². The van der Waals surface area contributed by atoms with Crippen molar-refractivity contribution in [1.82, 2.24) is 0 Å². The lowest BCUT2D eigenvalue weighted by Gasteiger charge is -1.87. The molecular formula is C4H4O2P. The fraction of sp³-hybridized carbons (Fsp3) is 0. The molecule has 0 saturated heterocycles. The highest BCUT2D eigenvalue weighted by Gasteiger charge is 1.83. The van der Waals surface area contributed by atoms with Crippen LogP contribution in [0.15, 0.2) is 24.7 Å². The van der Waals surface area contributed by atoms with Gasteiger partial charge in [-0.25, -0.2) is 0 Å². The molecule has 0 bridgehead atoms. The zero-order valence-electron chi connectivity index (χ0n) is 3.57. The van der Waals surface area contributed by atoms with Crippen molar-refractivity contribution < 1.29 is 9.05 Å². The largest absolute Gasteiger partial charge is 0.439 e. The Hall–Kier alpha value is -0.490. The molecule has 0 fully saturated rings. The first-order valence-corrected chi connectivity index (χ1v) is 2.57. The van der Waals surface area contributed by atoms with E-state index in [0.717, 1.165) is 0 Å². The molecule has 0 spiro atoms. The molecule has 1 aliphatic rings. The van der Waals surface area contributed by atoms with Crippen LogP contribution < -0.4 is 0 Å². The van der Waals surface area contributed by atoms with Gasteiger partial charge >= 0.3 is 9.03 Å². The molecule has 0 aliphatic carbocycles. The summed E-state index contributed by atoms with van der Waals surface area (Å²) in [5, 5.41) is 0. The molecule has 0 N–H and O–H groups in total. The fourth-order valence-corrected chi connectivity index (χ4v) is 0.525. The third kappa shape index (κ3) is 1.60. The van der Waals surface area contributed by atoms with E-state index in [-0.39, 0.29) is 0 Å². The van der Waals surface area contributed by atoms with Crippen LogP contribution in [-0.4, -0.2) is 0 Å². The van der Waals surface area contributed by atoms with Gasteiger partial charge in [0.05, 0.1) is 12.5 Å². The topological polar surface area (TPSA) is 18.5 Å². The summed E-state index contributed by atoms with van der Waals surface area (Å²) in [5.41, 5.74) is 0. The van der Waals surface area contributed by atoms with E-state index in [2.05, 4.69) is 0 Å². The number of rotatable bonds is 0. The van der Waals surface area contributed by atoms with Gasteiger partial charge in [-0.05, 0) is 12.2 Å². The van der Waals surface area contributed by atoms with E-state index in [9.17, 15) is 0 Å². The summed E-state index contributed by atoms with van der Waals surface area (Å²) < 4.78 is 9.40. The second-order valence-corrected chi connectivity index (χ2v) is 1.51. The van der Waals surface area contributed by atoms with Crippen LogP contribution in [0.5, 0.6) is 0 Å². The summed E-state index contributed by atoms with van der Waals surface area (Å²) in [7, 11) is 0.532. The lowest BCUT2D eigenvalue weighted by Crippen LogP contribution is -1.55. The molecule has 1 heterocycles. The van der Waals surface area contributed by atoms with Gasteiger partial charge in [0.15, 0.2) is 0 Å². The Morgan fingerprint density at radius 1 is 1.00 bits per heavy atom. The van der Waals surface area contributed by atoms with Crippen molar-refractivity contribution in [3.05, 3.63) is 24.7 Å². The average Bonchev–Trinajstić information content (AvgIpc) is 1.90. The van der Waals surface area contributed by atoms with Crippen LogP contribution in [0.1, 0.15) is 0 Å². The molecule has 3 heteroatoms. The Morgan fingerprint density at radius 3 is 2.14 bits per heavy atom. The Kier molecular flexibility index (Phi) is 1.76. The quantitative estimate of drug-likeness (QED) is 0.448. The standard InChI is InChI=1S/C4H4O2P/c1-2-4-6-7-5-3-1/h1-4H. The molecule has 0 aromatic rings. The highest BCUT2D eigenvalue weighted by molar-refractivity contribution is 7.26. The minimum Gasteiger partial charge on any atom is -0.439 e. The molecule has 0 saturated carbocycles. The number of hydrogen-bond donors (Lipinski definition) is 0. The Labute approximate surface area is 43.8 Å². The van der Waals surface area contributed by atoms with Crippen molar-refractivity contribution in [1.29, 1.82) is 0 Å². The molecule has 0 unspecified atom stereocenters. The van der Waals surface area contributed by atoms with Gasteiger partial charge in [0, 0.05) is 0 Å². The first kappa shape index (κ1) is 4.66. The van der Waals surface area contributed by atoms with Crippen LogP contribution in [-0.2, 0) is 9.05 Å². The molecule has 1 rings (SSSR count). The molecule has 0 aromatic heterocycles. The molecular weight excluding hydrogens is 111 g/mol. The van der Waals surface area contributed by atoms with Crippen molar-refractivity contribution in [2.24, 2.45) is 0 Å². The molecule has 1 radical (unpaired) electrons. The maximum Gasteiger partial charge on any atom is 0.403 e. The van der Waals surface area contributed by atoms with Crippen LogP contribution >= 0.6 is 9.03 Å². The molecule has 0 atom stereocenters. The van der Waals surface area contributed by atoms with Gasteiger partial charge in [-0.15, -0.1) is 0 Å². The van der Waals surface area contributed by atoms with Gasteiger partial charge in [-0.1, -0.05) is 0 Å². The SMILES string of the molecule is C1=CO[P]OC=C1. The van der Waals surface area contributed by atoms with Crippen LogP contribution in [0.2, 0.25) is 0 Å². The average molecular weight is 115 g/mol. The summed E-state index contributed by atoms with van der Waals surface area (Å²) in [6.07, 6.45) is 6.68. The fourth-order valence-electron chi connectivity index (χ4n) is 0.236. The number of allylic oxidation sites excluding steroid dienone is 2. The van der Waals surface area contributed by atoms with Crippen LogP contribution in [0.4, 0.5) is 0 Å². The van der Waals surface area contributed by atoms with Gasteiger partial charge in [0.2, 0.25) is 0 Å². The predicted molar refractivity (Wildman–Crippen MR) is 27.4 cm³/mol. The first-order valence-electron chi connectivity index (χ1n) is 1.84. The minimum absolute atomic E-state index is 0.532. The van der Waals surface area contributed by atoms with Gasteiger partial charge < -0.3 is 9.05 Å². The molecule has 0 aromatic carbocycles. The smallest absolute Gasteiger partial charge is 0.403 e. The van der Waals surface area contributed by atoms with E-state index >= 15 is 0 Å². The third-order valence-electron chi connectivity index (χ3n) is 0.476.